The summed E-state index contributed by atoms with van der Waals surface area (Å²) in [6, 6.07) is 10.4. The standard InChI is InChI=1S/C15H19N3O/c1-15(11-19-12-15)10-16-14-5-2-4-13(8-14)9-18-7-3-6-17-18/h2-8,16H,9-12H2,1H3. The lowest BCUT2D eigenvalue weighted by molar-refractivity contribution is -0.0924. The van der Waals surface area contributed by atoms with Gasteiger partial charge in [-0.3, -0.25) is 4.68 Å². The van der Waals surface area contributed by atoms with Crippen LogP contribution in [-0.4, -0.2) is 29.5 Å². The largest absolute Gasteiger partial charge is 0.384 e. The highest BCUT2D eigenvalue weighted by Crippen LogP contribution is 2.26. The summed E-state index contributed by atoms with van der Waals surface area (Å²) in [6.07, 6.45) is 3.78. The van der Waals surface area contributed by atoms with Crippen molar-refractivity contribution in [1.82, 2.24) is 9.78 Å². The second-order valence-electron chi connectivity index (χ2n) is 5.56. The van der Waals surface area contributed by atoms with Gasteiger partial charge in [0, 0.05) is 30.0 Å². The molecular formula is C15H19N3O. The molecule has 1 aliphatic heterocycles. The van der Waals surface area contributed by atoms with Crippen molar-refractivity contribution in [2.24, 2.45) is 5.41 Å². The second kappa shape index (κ2) is 5.05. The molecule has 0 spiro atoms. The molecule has 4 heteroatoms. The third-order valence-corrected chi connectivity index (χ3v) is 3.45. The molecule has 0 aliphatic carbocycles. The highest BCUT2D eigenvalue weighted by molar-refractivity contribution is 5.46. The van der Waals surface area contributed by atoms with Crippen molar-refractivity contribution in [2.45, 2.75) is 13.5 Å². The maximum atomic E-state index is 5.27. The smallest absolute Gasteiger partial charge is 0.0660 e. The van der Waals surface area contributed by atoms with Crippen LogP contribution in [0.3, 0.4) is 0 Å². The van der Waals surface area contributed by atoms with Gasteiger partial charge in [-0.15, -0.1) is 0 Å². The van der Waals surface area contributed by atoms with E-state index in [4.69, 9.17) is 4.74 Å². The number of ether oxygens (including phenoxy) is 1. The van der Waals surface area contributed by atoms with Crippen LogP contribution in [0.5, 0.6) is 0 Å². The summed E-state index contributed by atoms with van der Waals surface area (Å²) >= 11 is 0. The number of aromatic nitrogens is 2. The van der Waals surface area contributed by atoms with E-state index < -0.39 is 0 Å². The van der Waals surface area contributed by atoms with Crippen LogP contribution in [0.1, 0.15) is 12.5 Å². The number of hydrogen-bond donors (Lipinski definition) is 1. The molecule has 1 saturated heterocycles. The SMILES string of the molecule is CC1(CNc2cccc(Cn3cccn3)c2)COC1. The highest BCUT2D eigenvalue weighted by Gasteiger charge is 2.32. The Morgan fingerprint density at radius 1 is 1.37 bits per heavy atom. The number of anilines is 1. The number of rotatable bonds is 5. The molecule has 4 nitrogen and oxygen atoms in total. The van der Waals surface area contributed by atoms with E-state index in [0.29, 0.717) is 0 Å². The average Bonchev–Trinajstić information content (AvgIpc) is 2.87. The molecule has 3 rings (SSSR count). The fourth-order valence-electron chi connectivity index (χ4n) is 2.23. The molecule has 0 radical (unpaired) electrons. The van der Waals surface area contributed by atoms with Crippen LogP contribution in [0.2, 0.25) is 0 Å². The predicted octanol–water partition coefficient (Wildman–Crippen LogP) is 2.38. The molecule has 0 bridgehead atoms. The minimum atomic E-state index is 0.290. The van der Waals surface area contributed by atoms with Gasteiger partial charge in [-0.25, -0.2) is 0 Å². The molecule has 100 valence electrons. The molecule has 0 unspecified atom stereocenters. The minimum absolute atomic E-state index is 0.290. The van der Waals surface area contributed by atoms with E-state index in [9.17, 15) is 0 Å². The van der Waals surface area contributed by atoms with Crippen LogP contribution in [0, 0.1) is 5.41 Å². The number of hydrogen-bond acceptors (Lipinski definition) is 3. The molecule has 0 saturated carbocycles. The first-order valence-corrected chi connectivity index (χ1v) is 6.62. The molecule has 1 aromatic carbocycles. The molecule has 19 heavy (non-hydrogen) atoms. The summed E-state index contributed by atoms with van der Waals surface area (Å²) in [7, 11) is 0. The third-order valence-electron chi connectivity index (χ3n) is 3.45. The minimum Gasteiger partial charge on any atom is -0.384 e. The Kier molecular flexibility index (Phi) is 3.25. The zero-order chi connectivity index (χ0) is 13.1. The van der Waals surface area contributed by atoms with Crippen molar-refractivity contribution in [3.63, 3.8) is 0 Å². The summed E-state index contributed by atoms with van der Waals surface area (Å²) in [5.41, 5.74) is 2.71. The van der Waals surface area contributed by atoms with Gasteiger partial charge in [0.15, 0.2) is 0 Å². The lowest BCUT2D eigenvalue weighted by Gasteiger charge is -2.38. The van der Waals surface area contributed by atoms with Gasteiger partial charge >= 0.3 is 0 Å². The summed E-state index contributed by atoms with van der Waals surface area (Å²) in [4.78, 5) is 0. The van der Waals surface area contributed by atoms with Crippen LogP contribution >= 0.6 is 0 Å². The van der Waals surface area contributed by atoms with E-state index in [1.165, 1.54) is 5.56 Å². The first-order chi connectivity index (χ1) is 9.23. The molecule has 0 amide bonds. The highest BCUT2D eigenvalue weighted by atomic mass is 16.5. The van der Waals surface area contributed by atoms with E-state index >= 15 is 0 Å². The molecule has 1 fully saturated rings. The molecule has 1 N–H and O–H groups in total. The van der Waals surface area contributed by atoms with Gasteiger partial charge in [-0.2, -0.15) is 5.10 Å². The Bertz CT molecular complexity index is 532. The lowest BCUT2D eigenvalue weighted by Crippen LogP contribution is -2.45. The van der Waals surface area contributed by atoms with Crippen molar-refractivity contribution in [2.75, 3.05) is 25.1 Å². The van der Waals surface area contributed by atoms with E-state index in [2.05, 4.69) is 41.6 Å². The normalized spacial score (nSPS) is 16.9. The topological polar surface area (TPSA) is 39.1 Å². The predicted molar refractivity (Wildman–Crippen MR) is 75.2 cm³/mol. The van der Waals surface area contributed by atoms with E-state index in [0.717, 1.165) is 32.0 Å². The van der Waals surface area contributed by atoms with Crippen molar-refractivity contribution in [1.29, 1.82) is 0 Å². The van der Waals surface area contributed by atoms with Crippen molar-refractivity contribution >= 4 is 5.69 Å². The first-order valence-electron chi connectivity index (χ1n) is 6.62. The Morgan fingerprint density at radius 2 is 2.26 bits per heavy atom. The average molecular weight is 257 g/mol. The maximum absolute atomic E-state index is 5.27. The van der Waals surface area contributed by atoms with Crippen LogP contribution in [0.15, 0.2) is 42.7 Å². The first kappa shape index (κ1) is 12.2. The third kappa shape index (κ3) is 2.96. The van der Waals surface area contributed by atoms with Gasteiger partial charge in [-0.1, -0.05) is 19.1 Å². The molecule has 2 aromatic rings. The lowest BCUT2D eigenvalue weighted by atomic mass is 9.88. The maximum Gasteiger partial charge on any atom is 0.0660 e. The van der Waals surface area contributed by atoms with Gasteiger partial charge in [0.05, 0.1) is 19.8 Å². The second-order valence-corrected chi connectivity index (χ2v) is 5.56. The Morgan fingerprint density at radius 3 is 2.95 bits per heavy atom. The van der Waals surface area contributed by atoms with Gasteiger partial charge < -0.3 is 10.1 Å². The van der Waals surface area contributed by atoms with Gasteiger partial charge in [-0.05, 0) is 23.8 Å². The van der Waals surface area contributed by atoms with Crippen LogP contribution in [0.4, 0.5) is 5.69 Å². The van der Waals surface area contributed by atoms with Crippen molar-refractivity contribution in [3.8, 4) is 0 Å². The zero-order valence-corrected chi connectivity index (χ0v) is 11.2. The van der Waals surface area contributed by atoms with Crippen LogP contribution < -0.4 is 5.32 Å². The van der Waals surface area contributed by atoms with Crippen LogP contribution in [0.25, 0.3) is 0 Å². The number of nitrogens with one attached hydrogen (secondary N) is 1. The molecule has 2 heterocycles. The van der Waals surface area contributed by atoms with Gasteiger partial charge in [0.1, 0.15) is 0 Å². The van der Waals surface area contributed by atoms with E-state index in [-0.39, 0.29) is 5.41 Å². The Labute approximate surface area is 113 Å². The summed E-state index contributed by atoms with van der Waals surface area (Å²) in [5.74, 6) is 0. The van der Waals surface area contributed by atoms with Crippen molar-refractivity contribution < 1.29 is 4.74 Å². The molecule has 1 aliphatic rings. The van der Waals surface area contributed by atoms with E-state index in [1.54, 1.807) is 6.20 Å². The molecule has 1 aromatic heterocycles. The molecular weight excluding hydrogens is 238 g/mol. The fraction of sp³-hybridized carbons (Fsp3) is 0.400. The van der Waals surface area contributed by atoms with E-state index in [1.807, 2.05) is 16.9 Å². The monoisotopic (exact) mass is 257 g/mol. The number of benzene rings is 1. The zero-order valence-electron chi connectivity index (χ0n) is 11.2. The molecule has 0 atom stereocenters. The number of nitrogens with zero attached hydrogens (tertiary/aromatic N) is 2. The Balaban J connectivity index is 1.62. The quantitative estimate of drug-likeness (QED) is 0.894. The summed E-state index contributed by atoms with van der Waals surface area (Å²) < 4.78 is 7.20. The van der Waals surface area contributed by atoms with Crippen LogP contribution in [-0.2, 0) is 11.3 Å². The van der Waals surface area contributed by atoms with Gasteiger partial charge in [0.25, 0.3) is 0 Å². The van der Waals surface area contributed by atoms with Gasteiger partial charge in [0.2, 0.25) is 0 Å². The summed E-state index contributed by atoms with van der Waals surface area (Å²) in [6.45, 7) is 5.72. The summed E-state index contributed by atoms with van der Waals surface area (Å²) in [5, 5.41) is 7.73. The Hall–Kier alpha value is -1.81. The van der Waals surface area contributed by atoms with Crippen molar-refractivity contribution in [3.05, 3.63) is 48.3 Å². The fourth-order valence-corrected chi connectivity index (χ4v) is 2.23.